The van der Waals surface area contributed by atoms with Crippen molar-refractivity contribution in [1.82, 2.24) is 9.03 Å². The highest BCUT2D eigenvalue weighted by Gasteiger charge is 2.13. The highest BCUT2D eigenvalue weighted by Crippen LogP contribution is 1.90. The highest BCUT2D eigenvalue weighted by atomic mass is 32.2. The molecule has 0 aliphatic heterocycles. The summed E-state index contributed by atoms with van der Waals surface area (Å²) in [7, 11) is 1.18. The van der Waals surface area contributed by atoms with Crippen LogP contribution in [0.15, 0.2) is 0 Å². The fourth-order valence-corrected chi connectivity index (χ4v) is 1.14. The number of hydrogen-bond donors (Lipinski definition) is 1. The molecule has 12 heavy (non-hydrogen) atoms. The minimum Gasteiger partial charge on any atom is -0.380 e. The Kier molecular flexibility index (Phi) is 4.69. The average Bonchev–Trinajstić information content (AvgIpc) is 2.00. The van der Waals surface area contributed by atoms with Gasteiger partial charge in [-0.2, -0.15) is 17.4 Å². The van der Waals surface area contributed by atoms with Gasteiger partial charge in [0, 0.05) is 27.7 Å². The van der Waals surface area contributed by atoms with Crippen molar-refractivity contribution in [1.29, 1.82) is 0 Å². The average molecular weight is 196 g/mol. The highest BCUT2D eigenvalue weighted by molar-refractivity contribution is 7.87. The molecule has 0 fully saturated rings. The summed E-state index contributed by atoms with van der Waals surface area (Å²) in [6, 6.07) is 0. The first-order valence-corrected chi connectivity index (χ1v) is 5.04. The first kappa shape index (κ1) is 11.8. The molecule has 74 valence electrons. The van der Waals surface area contributed by atoms with E-state index in [9.17, 15) is 8.42 Å². The van der Waals surface area contributed by atoms with E-state index in [1.165, 1.54) is 21.2 Å². The maximum absolute atomic E-state index is 11.1. The van der Waals surface area contributed by atoms with Crippen molar-refractivity contribution in [3.8, 4) is 0 Å². The molecular weight excluding hydrogens is 180 g/mol. The van der Waals surface area contributed by atoms with Crippen LogP contribution >= 0.6 is 0 Å². The first-order chi connectivity index (χ1) is 5.40. The topological polar surface area (TPSA) is 58.6 Å². The SMILES string of the molecule is COC(C)CNS(=O)(=O)N(C)C. The van der Waals surface area contributed by atoms with Crippen LogP contribution in [0.3, 0.4) is 0 Å². The van der Waals surface area contributed by atoms with E-state index in [4.69, 9.17) is 4.74 Å². The summed E-state index contributed by atoms with van der Waals surface area (Å²) in [6.45, 7) is 2.08. The first-order valence-electron chi connectivity index (χ1n) is 3.60. The van der Waals surface area contributed by atoms with Crippen molar-refractivity contribution in [2.24, 2.45) is 0 Å². The maximum Gasteiger partial charge on any atom is 0.279 e. The molecule has 0 radical (unpaired) electrons. The molecule has 0 aliphatic rings. The second-order valence-corrected chi connectivity index (χ2v) is 4.65. The van der Waals surface area contributed by atoms with Crippen molar-refractivity contribution in [2.45, 2.75) is 13.0 Å². The van der Waals surface area contributed by atoms with Gasteiger partial charge in [0.2, 0.25) is 0 Å². The van der Waals surface area contributed by atoms with Gasteiger partial charge in [-0.1, -0.05) is 0 Å². The van der Waals surface area contributed by atoms with Crippen LogP contribution in [0.2, 0.25) is 0 Å². The Balaban J connectivity index is 3.94. The molecule has 6 heteroatoms. The Morgan fingerprint density at radius 3 is 2.33 bits per heavy atom. The number of ether oxygens (including phenoxy) is 1. The molecule has 1 atom stereocenters. The number of nitrogens with one attached hydrogen (secondary N) is 1. The summed E-state index contributed by atoms with van der Waals surface area (Å²) in [5.74, 6) is 0. The van der Waals surface area contributed by atoms with E-state index in [2.05, 4.69) is 4.72 Å². The van der Waals surface area contributed by atoms with Crippen molar-refractivity contribution in [2.75, 3.05) is 27.7 Å². The number of rotatable bonds is 5. The second-order valence-electron chi connectivity index (χ2n) is 2.68. The molecule has 0 rings (SSSR count). The monoisotopic (exact) mass is 196 g/mol. The van der Waals surface area contributed by atoms with Gasteiger partial charge in [-0.3, -0.25) is 0 Å². The zero-order valence-electron chi connectivity index (χ0n) is 7.86. The molecule has 0 spiro atoms. The van der Waals surface area contributed by atoms with Crippen LogP contribution < -0.4 is 4.72 Å². The summed E-state index contributed by atoms with van der Waals surface area (Å²) in [6.07, 6.45) is -0.111. The molecule has 0 aromatic heterocycles. The molecular formula is C6H16N2O3S. The number of hydrogen-bond acceptors (Lipinski definition) is 3. The van der Waals surface area contributed by atoms with E-state index in [-0.39, 0.29) is 12.6 Å². The molecule has 0 saturated carbocycles. The smallest absolute Gasteiger partial charge is 0.279 e. The van der Waals surface area contributed by atoms with E-state index < -0.39 is 10.2 Å². The molecule has 0 aliphatic carbocycles. The van der Waals surface area contributed by atoms with Crippen LogP contribution in [-0.4, -0.2) is 46.6 Å². The fraction of sp³-hybridized carbons (Fsp3) is 1.00. The van der Waals surface area contributed by atoms with Crippen molar-refractivity contribution >= 4 is 10.2 Å². The van der Waals surface area contributed by atoms with Crippen molar-refractivity contribution in [3.05, 3.63) is 0 Å². The van der Waals surface area contributed by atoms with E-state index in [0.29, 0.717) is 0 Å². The molecule has 0 amide bonds. The van der Waals surface area contributed by atoms with E-state index in [0.717, 1.165) is 4.31 Å². The Morgan fingerprint density at radius 2 is 2.00 bits per heavy atom. The third-order valence-corrected chi connectivity index (χ3v) is 2.93. The lowest BCUT2D eigenvalue weighted by Gasteiger charge is -2.14. The van der Waals surface area contributed by atoms with Crippen LogP contribution in [0.1, 0.15) is 6.92 Å². The van der Waals surface area contributed by atoms with Crippen LogP contribution in [0.25, 0.3) is 0 Å². The van der Waals surface area contributed by atoms with Gasteiger partial charge >= 0.3 is 0 Å². The summed E-state index contributed by atoms with van der Waals surface area (Å²) in [5, 5.41) is 0. The molecule has 1 unspecified atom stereocenters. The van der Waals surface area contributed by atoms with Gasteiger partial charge < -0.3 is 4.74 Å². The summed E-state index contributed by atoms with van der Waals surface area (Å²) in [5.41, 5.74) is 0. The fourth-order valence-electron chi connectivity index (χ4n) is 0.435. The molecule has 1 N–H and O–H groups in total. The molecule has 0 heterocycles. The van der Waals surface area contributed by atoms with Crippen LogP contribution in [0.4, 0.5) is 0 Å². The minimum absolute atomic E-state index is 0.111. The summed E-state index contributed by atoms with van der Waals surface area (Å²) in [4.78, 5) is 0. The molecule has 0 aromatic carbocycles. The van der Waals surface area contributed by atoms with Gasteiger partial charge in [0.1, 0.15) is 0 Å². The van der Waals surface area contributed by atoms with Gasteiger partial charge in [0.25, 0.3) is 10.2 Å². The lowest BCUT2D eigenvalue weighted by Crippen LogP contribution is -2.39. The zero-order valence-corrected chi connectivity index (χ0v) is 8.68. The second kappa shape index (κ2) is 4.76. The van der Waals surface area contributed by atoms with E-state index in [1.807, 2.05) is 0 Å². The van der Waals surface area contributed by atoms with Crippen LogP contribution in [0.5, 0.6) is 0 Å². The summed E-state index contributed by atoms with van der Waals surface area (Å²) >= 11 is 0. The van der Waals surface area contributed by atoms with E-state index in [1.54, 1.807) is 6.92 Å². The maximum atomic E-state index is 11.1. The predicted octanol–water partition coefficient (Wildman–Crippen LogP) is -0.583. The summed E-state index contributed by atoms with van der Waals surface area (Å²) < 4.78 is 30.6. The zero-order chi connectivity index (χ0) is 9.78. The van der Waals surface area contributed by atoms with Gasteiger partial charge in [0.05, 0.1) is 6.10 Å². The number of nitrogens with zero attached hydrogens (tertiary/aromatic N) is 1. The quantitative estimate of drug-likeness (QED) is 0.640. The van der Waals surface area contributed by atoms with Gasteiger partial charge in [-0.05, 0) is 6.92 Å². The van der Waals surface area contributed by atoms with Crippen LogP contribution in [0, 0.1) is 0 Å². The third kappa shape index (κ3) is 4.01. The minimum atomic E-state index is -3.30. The Hall–Kier alpha value is -0.170. The van der Waals surface area contributed by atoms with Crippen molar-refractivity contribution in [3.63, 3.8) is 0 Å². The Morgan fingerprint density at radius 1 is 1.50 bits per heavy atom. The van der Waals surface area contributed by atoms with Gasteiger partial charge in [-0.15, -0.1) is 0 Å². The number of methoxy groups -OCH3 is 1. The van der Waals surface area contributed by atoms with Gasteiger partial charge in [0.15, 0.2) is 0 Å². The lowest BCUT2D eigenvalue weighted by molar-refractivity contribution is 0.121. The molecule has 5 nitrogen and oxygen atoms in total. The largest absolute Gasteiger partial charge is 0.380 e. The molecule has 0 aromatic rings. The third-order valence-electron chi connectivity index (χ3n) is 1.44. The standard InChI is InChI=1S/C6H16N2O3S/c1-6(11-4)5-7-12(9,10)8(2)3/h6-7H,5H2,1-4H3. The van der Waals surface area contributed by atoms with Gasteiger partial charge in [-0.25, -0.2) is 0 Å². The lowest BCUT2D eigenvalue weighted by atomic mass is 10.4. The Bertz CT molecular complexity index is 213. The van der Waals surface area contributed by atoms with Crippen molar-refractivity contribution < 1.29 is 13.2 Å². The van der Waals surface area contributed by atoms with E-state index >= 15 is 0 Å². The molecule has 0 bridgehead atoms. The van der Waals surface area contributed by atoms with Crippen LogP contribution in [-0.2, 0) is 14.9 Å². The normalized spacial score (nSPS) is 15.1. The predicted molar refractivity (Wildman–Crippen MR) is 47.1 cm³/mol. The molecule has 0 saturated heterocycles. The Labute approximate surface area is 73.9 Å².